The number of aliphatic hydroxyl groups is 1. The van der Waals surface area contributed by atoms with Gasteiger partial charge < -0.3 is 24.8 Å². The summed E-state index contributed by atoms with van der Waals surface area (Å²) < 4.78 is 39.8. The van der Waals surface area contributed by atoms with Gasteiger partial charge in [0.2, 0.25) is 0 Å². The van der Waals surface area contributed by atoms with Gasteiger partial charge in [-0.25, -0.2) is 19.0 Å². The number of halogens is 2. The van der Waals surface area contributed by atoms with Crippen molar-refractivity contribution in [1.82, 2.24) is 15.8 Å². The van der Waals surface area contributed by atoms with Gasteiger partial charge in [0.15, 0.2) is 11.6 Å². The number of thiocarbonyl (C=S) groups is 1. The normalized spacial score (nSPS) is 19.2. The Hall–Kier alpha value is -2.77. The monoisotopic (exact) mass is 459 g/mol. The fraction of sp³-hybridized carbons (Fsp3) is 0.500. The second-order valence-electron chi connectivity index (χ2n) is 6.85. The van der Waals surface area contributed by atoms with Gasteiger partial charge in [0.05, 0.1) is 32.4 Å². The van der Waals surface area contributed by atoms with Crippen molar-refractivity contribution >= 4 is 40.8 Å². The lowest BCUT2D eigenvalue weighted by atomic mass is 10.2. The standard InChI is InChI=1S/C18H23F2N5O5S/c1-29-17(31)21-8-12-9-24(18(28)30-12)11-6-13(19)16(14(20)7-11)23-3-2-22-25(5-4-23)15(27)10-26/h6-7,12,22,26H,2-5,8-10H2,1H3,(H,21,31)/t12-/m0/s1. The Kier molecular flexibility index (Phi) is 7.41. The summed E-state index contributed by atoms with van der Waals surface area (Å²) in [6.07, 6.45) is -1.29. The molecule has 1 atom stereocenters. The number of benzene rings is 1. The number of carbonyl (C=O) groups excluding carboxylic acids is 2. The SMILES string of the molecule is COC(=S)NC[C@H]1CN(c2cc(F)c(N3CCNN(C(=O)CO)CC3)c(F)c2)C(=O)O1. The van der Waals surface area contributed by atoms with E-state index in [1.165, 1.54) is 17.0 Å². The molecule has 0 radical (unpaired) electrons. The minimum atomic E-state index is -0.841. The number of cyclic esters (lactones) is 1. The average molecular weight is 459 g/mol. The van der Waals surface area contributed by atoms with Gasteiger partial charge in [-0.3, -0.25) is 14.7 Å². The minimum absolute atomic E-state index is 0.0330. The van der Waals surface area contributed by atoms with Crippen LogP contribution in [-0.4, -0.2) is 86.4 Å². The quantitative estimate of drug-likeness (QED) is 0.523. The van der Waals surface area contributed by atoms with Crippen molar-refractivity contribution in [3.63, 3.8) is 0 Å². The van der Waals surface area contributed by atoms with Crippen LogP contribution in [0.5, 0.6) is 0 Å². The number of hydrogen-bond acceptors (Lipinski definition) is 8. The van der Waals surface area contributed by atoms with Crippen molar-refractivity contribution in [3.05, 3.63) is 23.8 Å². The summed E-state index contributed by atoms with van der Waals surface area (Å²) in [6.45, 7) is 0.402. The highest BCUT2D eigenvalue weighted by atomic mass is 32.1. The summed E-state index contributed by atoms with van der Waals surface area (Å²) in [5.74, 6) is -2.21. The minimum Gasteiger partial charge on any atom is -0.474 e. The molecule has 0 aromatic heterocycles. The van der Waals surface area contributed by atoms with Gasteiger partial charge >= 0.3 is 6.09 Å². The van der Waals surface area contributed by atoms with Crippen LogP contribution in [0.2, 0.25) is 0 Å². The first-order valence-corrected chi connectivity index (χ1v) is 9.93. The van der Waals surface area contributed by atoms with E-state index in [9.17, 15) is 18.4 Å². The van der Waals surface area contributed by atoms with Gasteiger partial charge in [-0.1, -0.05) is 0 Å². The zero-order valence-corrected chi connectivity index (χ0v) is 17.6. The zero-order chi connectivity index (χ0) is 22.5. The van der Waals surface area contributed by atoms with Crippen LogP contribution in [0.3, 0.4) is 0 Å². The molecule has 13 heteroatoms. The van der Waals surface area contributed by atoms with Gasteiger partial charge in [0.25, 0.3) is 11.1 Å². The van der Waals surface area contributed by atoms with Crippen molar-refractivity contribution < 1.29 is 33.0 Å². The van der Waals surface area contributed by atoms with Gasteiger partial charge in [-0.05, 0) is 12.2 Å². The molecule has 2 heterocycles. The Bertz CT molecular complexity index is 838. The lowest BCUT2D eigenvalue weighted by Gasteiger charge is -2.25. The van der Waals surface area contributed by atoms with E-state index < -0.39 is 36.3 Å². The summed E-state index contributed by atoms with van der Waals surface area (Å²) >= 11 is 4.86. The van der Waals surface area contributed by atoms with Crippen molar-refractivity contribution in [2.24, 2.45) is 0 Å². The highest BCUT2D eigenvalue weighted by Crippen LogP contribution is 2.31. The van der Waals surface area contributed by atoms with Gasteiger partial charge in [0, 0.05) is 31.8 Å². The molecule has 2 aliphatic rings. The largest absolute Gasteiger partial charge is 0.474 e. The van der Waals surface area contributed by atoms with Crippen molar-refractivity contribution in [2.45, 2.75) is 6.10 Å². The fourth-order valence-electron chi connectivity index (χ4n) is 3.37. The van der Waals surface area contributed by atoms with E-state index in [2.05, 4.69) is 10.7 Å². The van der Waals surface area contributed by atoms with E-state index in [1.54, 1.807) is 0 Å². The first kappa shape index (κ1) is 22.9. The fourth-order valence-corrected chi connectivity index (χ4v) is 3.45. The predicted octanol–water partition coefficient (Wildman–Crippen LogP) is -0.0436. The third-order valence-corrected chi connectivity index (χ3v) is 5.19. The first-order valence-electron chi connectivity index (χ1n) is 9.52. The Morgan fingerprint density at radius 3 is 2.71 bits per heavy atom. The summed E-state index contributed by atoms with van der Waals surface area (Å²) in [7, 11) is 1.40. The summed E-state index contributed by atoms with van der Waals surface area (Å²) in [6, 6.07) is 2.15. The molecule has 0 bridgehead atoms. The van der Waals surface area contributed by atoms with Crippen molar-refractivity contribution in [1.29, 1.82) is 0 Å². The van der Waals surface area contributed by atoms with Gasteiger partial charge in [-0.15, -0.1) is 0 Å². The van der Waals surface area contributed by atoms with Crippen LogP contribution >= 0.6 is 12.2 Å². The number of anilines is 2. The van der Waals surface area contributed by atoms with Crippen LogP contribution in [0.1, 0.15) is 0 Å². The van der Waals surface area contributed by atoms with Crippen LogP contribution in [0, 0.1) is 11.6 Å². The molecule has 3 rings (SSSR count). The van der Waals surface area contributed by atoms with Crippen LogP contribution in [-0.2, 0) is 14.3 Å². The number of nitrogens with one attached hydrogen (secondary N) is 2. The van der Waals surface area contributed by atoms with Crippen LogP contribution < -0.4 is 20.5 Å². The molecule has 3 N–H and O–H groups in total. The van der Waals surface area contributed by atoms with E-state index >= 15 is 0 Å². The molecule has 2 fully saturated rings. The zero-order valence-electron chi connectivity index (χ0n) is 16.8. The Morgan fingerprint density at radius 1 is 1.35 bits per heavy atom. The summed E-state index contributed by atoms with van der Waals surface area (Å²) in [4.78, 5) is 26.4. The maximum atomic E-state index is 14.9. The number of hydrazine groups is 1. The number of nitrogens with zero attached hydrogens (tertiary/aromatic N) is 3. The van der Waals surface area contributed by atoms with Gasteiger partial charge in [-0.2, -0.15) is 0 Å². The molecule has 2 saturated heterocycles. The highest BCUT2D eigenvalue weighted by Gasteiger charge is 2.34. The van der Waals surface area contributed by atoms with E-state index in [4.69, 9.17) is 26.8 Å². The molecule has 1 aromatic rings. The van der Waals surface area contributed by atoms with E-state index in [1.807, 2.05) is 0 Å². The lowest BCUT2D eigenvalue weighted by Crippen LogP contribution is -2.45. The van der Waals surface area contributed by atoms with Crippen LogP contribution in [0.4, 0.5) is 25.0 Å². The number of methoxy groups -OCH3 is 1. The highest BCUT2D eigenvalue weighted by molar-refractivity contribution is 7.80. The smallest absolute Gasteiger partial charge is 0.414 e. The number of carbonyl (C=O) groups is 2. The number of amides is 2. The first-order chi connectivity index (χ1) is 14.8. The molecular weight excluding hydrogens is 436 g/mol. The molecule has 31 heavy (non-hydrogen) atoms. The summed E-state index contributed by atoms with van der Waals surface area (Å²) in [5.41, 5.74) is 2.59. The van der Waals surface area contributed by atoms with Crippen molar-refractivity contribution in [3.8, 4) is 0 Å². The number of ether oxygens (including phenoxy) is 2. The molecule has 2 aliphatic heterocycles. The topological polar surface area (TPSA) is 107 Å². The third-order valence-electron chi connectivity index (χ3n) is 4.88. The Balaban J connectivity index is 1.71. The molecule has 0 saturated carbocycles. The molecule has 0 spiro atoms. The second-order valence-corrected chi connectivity index (χ2v) is 7.22. The van der Waals surface area contributed by atoms with Crippen molar-refractivity contribution in [2.75, 3.05) is 62.8 Å². The number of aliphatic hydroxyl groups excluding tert-OH is 1. The molecule has 0 aliphatic carbocycles. The Labute approximate surface area is 182 Å². The number of rotatable bonds is 5. The molecule has 1 aromatic carbocycles. The maximum Gasteiger partial charge on any atom is 0.414 e. The van der Waals surface area contributed by atoms with Crippen LogP contribution in [0.25, 0.3) is 0 Å². The van der Waals surface area contributed by atoms with E-state index in [0.29, 0.717) is 0 Å². The molecule has 170 valence electrons. The lowest BCUT2D eigenvalue weighted by molar-refractivity contribution is -0.136. The Morgan fingerprint density at radius 2 is 2.06 bits per heavy atom. The molecule has 2 amide bonds. The van der Waals surface area contributed by atoms with Crippen LogP contribution in [0.15, 0.2) is 12.1 Å². The average Bonchev–Trinajstić information content (AvgIpc) is 2.95. The maximum absolute atomic E-state index is 14.9. The molecular formula is C18H23F2N5O5S. The second kappa shape index (κ2) is 10.0. The molecule has 10 nitrogen and oxygen atoms in total. The molecule has 0 unspecified atom stereocenters. The number of hydrogen-bond donors (Lipinski definition) is 3. The summed E-state index contributed by atoms with van der Waals surface area (Å²) in [5, 5.41) is 13.1. The third kappa shape index (κ3) is 5.29. The van der Waals surface area contributed by atoms with E-state index in [-0.39, 0.29) is 55.8 Å². The predicted molar refractivity (Wildman–Crippen MR) is 111 cm³/mol. The van der Waals surface area contributed by atoms with Gasteiger partial charge in [0.1, 0.15) is 18.4 Å². The van der Waals surface area contributed by atoms with E-state index in [0.717, 1.165) is 17.0 Å².